The van der Waals surface area contributed by atoms with E-state index in [0.717, 1.165) is 23.5 Å². The Balaban J connectivity index is 1.65. The molecule has 0 saturated carbocycles. The zero-order chi connectivity index (χ0) is 19.4. The molecule has 6 nitrogen and oxygen atoms in total. The number of anilines is 4. The molecule has 2 N–H and O–H groups in total. The first-order chi connectivity index (χ1) is 12.9. The van der Waals surface area contributed by atoms with Crippen LogP contribution >= 0.6 is 0 Å². The van der Waals surface area contributed by atoms with Gasteiger partial charge in [-0.15, -0.1) is 10.2 Å². The van der Waals surface area contributed by atoms with Crippen molar-refractivity contribution >= 4 is 28.8 Å². The standard InChI is InChI=1S/C19H17F2N5O/c1-26(2)14-6-3-12(4-7-14)22-18-10-9-17(24-25-18)19(27)23-13-5-8-15(20)16(21)11-13/h3-11H,1-2H3,(H,22,25)(H,23,27). The van der Waals surface area contributed by atoms with Gasteiger partial charge in [0.2, 0.25) is 0 Å². The molecule has 0 fully saturated rings. The third-order valence-electron chi connectivity index (χ3n) is 3.73. The number of hydrogen-bond acceptors (Lipinski definition) is 5. The second-order valence-corrected chi connectivity index (χ2v) is 5.95. The minimum atomic E-state index is -1.04. The molecule has 0 bridgehead atoms. The molecule has 1 amide bonds. The second kappa shape index (κ2) is 7.77. The number of rotatable bonds is 5. The summed E-state index contributed by atoms with van der Waals surface area (Å²) in [5.41, 5.74) is 2.07. The normalized spacial score (nSPS) is 10.4. The van der Waals surface area contributed by atoms with Crippen molar-refractivity contribution < 1.29 is 13.6 Å². The summed E-state index contributed by atoms with van der Waals surface area (Å²) < 4.78 is 26.1. The van der Waals surface area contributed by atoms with E-state index in [1.165, 1.54) is 12.1 Å². The van der Waals surface area contributed by atoms with Crippen LogP contribution in [0.5, 0.6) is 0 Å². The van der Waals surface area contributed by atoms with Gasteiger partial charge in [0.15, 0.2) is 23.1 Å². The third-order valence-corrected chi connectivity index (χ3v) is 3.73. The number of benzene rings is 2. The number of carbonyl (C=O) groups is 1. The first kappa shape index (κ1) is 18.2. The molecule has 1 aromatic heterocycles. The molecule has 3 aromatic rings. The van der Waals surface area contributed by atoms with E-state index < -0.39 is 17.5 Å². The Morgan fingerprint density at radius 1 is 0.889 bits per heavy atom. The molecular weight excluding hydrogens is 352 g/mol. The monoisotopic (exact) mass is 369 g/mol. The highest BCUT2D eigenvalue weighted by molar-refractivity contribution is 6.02. The molecule has 0 spiro atoms. The molecular formula is C19H17F2N5O. The molecule has 3 rings (SSSR count). The van der Waals surface area contributed by atoms with Gasteiger partial charge in [0.25, 0.3) is 5.91 Å². The SMILES string of the molecule is CN(C)c1ccc(Nc2ccc(C(=O)Nc3ccc(F)c(F)c3)nn2)cc1. The average molecular weight is 369 g/mol. The van der Waals surface area contributed by atoms with Crippen LogP contribution < -0.4 is 15.5 Å². The molecule has 0 radical (unpaired) electrons. The Kier molecular flexibility index (Phi) is 5.25. The fourth-order valence-corrected chi connectivity index (χ4v) is 2.28. The predicted molar refractivity (Wildman–Crippen MR) is 100 cm³/mol. The fourth-order valence-electron chi connectivity index (χ4n) is 2.28. The first-order valence-electron chi connectivity index (χ1n) is 8.07. The third kappa shape index (κ3) is 4.55. The lowest BCUT2D eigenvalue weighted by Crippen LogP contribution is -2.14. The van der Waals surface area contributed by atoms with Crippen molar-refractivity contribution in [3.63, 3.8) is 0 Å². The highest BCUT2D eigenvalue weighted by atomic mass is 19.2. The van der Waals surface area contributed by atoms with Crippen molar-refractivity contribution in [3.05, 3.63) is 71.9 Å². The van der Waals surface area contributed by atoms with Crippen molar-refractivity contribution in [2.24, 2.45) is 0 Å². The van der Waals surface area contributed by atoms with Crippen molar-refractivity contribution in [2.45, 2.75) is 0 Å². The van der Waals surface area contributed by atoms with Crippen molar-refractivity contribution in [2.75, 3.05) is 29.6 Å². The van der Waals surface area contributed by atoms with Crippen molar-refractivity contribution in [3.8, 4) is 0 Å². The topological polar surface area (TPSA) is 70.2 Å². The van der Waals surface area contributed by atoms with Gasteiger partial charge >= 0.3 is 0 Å². The molecule has 0 saturated heterocycles. The minimum absolute atomic E-state index is 0.0493. The van der Waals surface area contributed by atoms with E-state index >= 15 is 0 Å². The first-order valence-corrected chi connectivity index (χ1v) is 8.07. The second-order valence-electron chi connectivity index (χ2n) is 5.95. The molecule has 27 heavy (non-hydrogen) atoms. The summed E-state index contributed by atoms with van der Waals surface area (Å²) in [4.78, 5) is 14.1. The maximum absolute atomic E-state index is 13.2. The van der Waals surface area contributed by atoms with Gasteiger partial charge in [-0.3, -0.25) is 4.79 Å². The zero-order valence-corrected chi connectivity index (χ0v) is 14.7. The lowest BCUT2D eigenvalue weighted by Gasteiger charge is -2.13. The number of nitrogens with zero attached hydrogens (tertiary/aromatic N) is 3. The number of halogens is 2. The van der Waals surface area contributed by atoms with Gasteiger partial charge < -0.3 is 15.5 Å². The number of amides is 1. The summed E-state index contributed by atoms with van der Waals surface area (Å²) in [7, 11) is 3.91. The van der Waals surface area contributed by atoms with E-state index in [1.54, 1.807) is 6.07 Å². The molecule has 1 heterocycles. The smallest absolute Gasteiger partial charge is 0.276 e. The van der Waals surface area contributed by atoms with E-state index in [4.69, 9.17) is 0 Å². The highest BCUT2D eigenvalue weighted by Gasteiger charge is 2.10. The minimum Gasteiger partial charge on any atom is -0.378 e. The molecule has 0 aliphatic heterocycles. The Hall–Kier alpha value is -3.55. The fraction of sp³-hybridized carbons (Fsp3) is 0.105. The molecule has 0 atom stereocenters. The molecule has 0 aliphatic rings. The number of aromatic nitrogens is 2. The lowest BCUT2D eigenvalue weighted by atomic mass is 10.2. The van der Waals surface area contributed by atoms with Crippen LogP contribution in [0.1, 0.15) is 10.5 Å². The molecule has 2 aromatic carbocycles. The van der Waals surface area contributed by atoms with Gasteiger partial charge in [0, 0.05) is 37.2 Å². The maximum Gasteiger partial charge on any atom is 0.276 e. The molecule has 8 heteroatoms. The Bertz CT molecular complexity index is 943. The molecule has 138 valence electrons. The Labute approximate surface area is 154 Å². The summed E-state index contributed by atoms with van der Waals surface area (Å²) in [6, 6.07) is 13.9. The molecule has 0 aliphatic carbocycles. The van der Waals surface area contributed by atoms with Gasteiger partial charge in [-0.25, -0.2) is 8.78 Å². The van der Waals surface area contributed by atoms with Gasteiger partial charge in [-0.05, 0) is 48.5 Å². The van der Waals surface area contributed by atoms with Crippen molar-refractivity contribution in [1.29, 1.82) is 0 Å². The van der Waals surface area contributed by atoms with Crippen molar-refractivity contribution in [1.82, 2.24) is 10.2 Å². The van der Waals surface area contributed by atoms with E-state index in [1.807, 2.05) is 43.3 Å². The number of carbonyl (C=O) groups excluding carboxylic acids is 1. The predicted octanol–water partition coefficient (Wildman–Crippen LogP) is 3.82. The van der Waals surface area contributed by atoms with E-state index in [0.29, 0.717) is 5.82 Å². The van der Waals surface area contributed by atoms with E-state index in [2.05, 4.69) is 20.8 Å². The van der Waals surface area contributed by atoms with Crippen LogP contribution in [0.2, 0.25) is 0 Å². The summed E-state index contributed by atoms with van der Waals surface area (Å²) in [5, 5.41) is 13.3. The van der Waals surface area contributed by atoms with E-state index in [9.17, 15) is 13.6 Å². The zero-order valence-electron chi connectivity index (χ0n) is 14.7. The van der Waals surface area contributed by atoms with Crippen LogP contribution in [0.4, 0.5) is 31.7 Å². The van der Waals surface area contributed by atoms with Gasteiger partial charge in [-0.1, -0.05) is 0 Å². The van der Waals surface area contributed by atoms with Gasteiger partial charge in [0.05, 0.1) is 0 Å². The highest BCUT2D eigenvalue weighted by Crippen LogP contribution is 2.19. The van der Waals surface area contributed by atoms with Crippen LogP contribution in [0.3, 0.4) is 0 Å². The lowest BCUT2D eigenvalue weighted by molar-refractivity contribution is 0.102. The average Bonchev–Trinajstić information content (AvgIpc) is 2.66. The van der Waals surface area contributed by atoms with Crippen LogP contribution in [-0.4, -0.2) is 30.2 Å². The molecule has 0 unspecified atom stereocenters. The summed E-state index contributed by atoms with van der Waals surface area (Å²) in [6.07, 6.45) is 0. The summed E-state index contributed by atoms with van der Waals surface area (Å²) in [5.74, 6) is -2.13. The number of nitrogens with one attached hydrogen (secondary N) is 2. The van der Waals surface area contributed by atoms with Crippen LogP contribution in [0.25, 0.3) is 0 Å². The maximum atomic E-state index is 13.2. The van der Waals surface area contributed by atoms with Gasteiger partial charge in [-0.2, -0.15) is 0 Å². The quantitative estimate of drug-likeness (QED) is 0.716. The van der Waals surface area contributed by atoms with Crippen LogP contribution in [0, 0.1) is 11.6 Å². The summed E-state index contributed by atoms with van der Waals surface area (Å²) >= 11 is 0. The van der Waals surface area contributed by atoms with Gasteiger partial charge in [0.1, 0.15) is 0 Å². The summed E-state index contributed by atoms with van der Waals surface area (Å²) in [6.45, 7) is 0. The Morgan fingerprint density at radius 3 is 2.19 bits per heavy atom. The van der Waals surface area contributed by atoms with E-state index in [-0.39, 0.29) is 11.4 Å². The Morgan fingerprint density at radius 2 is 1.59 bits per heavy atom. The van der Waals surface area contributed by atoms with Crippen LogP contribution in [-0.2, 0) is 0 Å². The largest absolute Gasteiger partial charge is 0.378 e. The number of hydrogen-bond donors (Lipinski definition) is 2. The van der Waals surface area contributed by atoms with Crippen LogP contribution in [0.15, 0.2) is 54.6 Å².